The Bertz CT molecular complexity index is 5210. The maximum absolute atomic E-state index is 15.1. The zero-order valence-corrected chi connectivity index (χ0v) is 57.8. The molecule has 0 bridgehead atoms. The van der Waals surface area contributed by atoms with Gasteiger partial charge in [-0.1, -0.05) is 86.5 Å². The second kappa shape index (κ2) is 32.5. The molecule has 3 saturated carbocycles. The lowest BCUT2D eigenvalue weighted by atomic mass is 10.1. The zero-order valence-electron chi connectivity index (χ0n) is 54.6. The van der Waals surface area contributed by atoms with Crippen LogP contribution in [0.4, 0.5) is 59.1 Å². The number of fused-ring (bicyclic) bond motifs is 3. The van der Waals surface area contributed by atoms with Crippen LogP contribution in [0.15, 0.2) is 180 Å². The Morgan fingerprint density at radius 2 is 0.816 bits per heavy atom. The SMILES string of the molecule is Nc1ncnc2c1c(-c1ccc(NS(=O)c3ccc([N+](=O)[O-])cc3)c(F)c1)cn2C1CCCC1.Nc1ncnc2c1c(-c1ccc(NS(=O)c3cccc(Cl)c3)c(F)c1)cn2C1CCCC1.Nc1ncnc2c1c(-c1ccc(NS(=O)c3ccccc3[N+](=O)[O-])c(F)c1)cn2C1CCCC1.O.O.O. The fraction of sp³-hybridized carbons (Fsp3) is 0.217. The van der Waals surface area contributed by atoms with Gasteiger partial charge in [-0.3, -0.25) is 34.4 Å². The molecule has 34 heteroatoms. The first-order chi connectivity index (χ1) is 48.4. The number of hydrogen-bond donors (Lipinski definition) is 6. The van der Waals surface area contributed by atoms with Crippen LogP contribution in [-0.2, 0) is 33.0 Å². The minimum Gasteiger partial charge on any atom is -0.412 e. The molecule has 0 radical (unpaired) electrons. The van der Waals surface area contributed by atoms with Crippen LogP contribution in [0.2, 0.25) is 5.02 Å². The van der Waals surface area contributed by atoms with E-state index in [2.05, 4.69) is 57.8 Å². The summed E-state index contributed by atoms with van der Waals surface area (Å²) in [6, 6.07) is 32.3. The Morgan fingerprint density at radius 3 is 1.17 bits per heavy atom. The predicted molar refractivity (Wildman–Crippen MR) is 393 cm³/mol. The summed E-state index contributed by atoms with van der Waals surface area (Å²) in [6.45, 7) is 0. The molecule has 0 aliphatic heterocycles. The van der Waals surface area contributed by atoms with Crippen molar-refractivity contribution in [2.75, 3.05) is 31.4 Å². The highest BCUT2D eigenvalue weighted by Gasteiger charge is 2.28. The summed E-state index contributed by atoms with van der Waals surface area (Å²) >= 11 is 5.96. The van der Waals surface area contributed by atoms with E-state index in [1.165, 1.54) is 111 Å². The second-order valence-corrected chi connectivity index (χ2v) is 28.2. The van der Waals surface area contributed by atoms with Crippen LogP contribution in [0.1, 0.15) is 95.2 Å². The van der Waals surface area contributed by atoms with Crippen molar-refractivity contribution in [2.45, 2.75) is 110 Å². The summed E-state index contributed by atoms with van der Waals surface area (Å²) in [5, 5.41) is 24.6. The number of halogens is 4. The maximum Gasteiger partial charge on any atom is 0.287 e. The number of anilines is 6. The van der Waals surface area contributed by atoms with Gasteiger partial charge in [0.1, 0.15) is 97.7 Å². The molecular weight excluding hydrogens is 1420 g/mol. The van der Waals surface area contributed by atoms with Gasteiger partial charge in [-0.05, 0) is 128 Å². The van der Waals surface area contributed by atoms with Crippen molar-refractivity contribution in [1.29, 1.82) is 0 Å². The summed E-state index contributed by atoms with van der Waals surface area (Å²) in [7, 11) is -5.47. The van der Waals surface area contributed by atoms with Gasteiger partial charge in [0.25, 0.3) is 11.4 Å². The van der Waals surface area contributed by atoms with Crippen LogP contribution in [0.3, 0.4) is 0 Å². The molecule has 15 rings (SSSR count). The number of nitro benzene ring substituents is 2. The van der Waals surface area contributed by atoms with Gasteiger partial charge in [-0.2, -0.15) is 0 Å². The fourth-order valence-electron chi connectivity index (χ4n) is 13.2. The number of hydrogen-bond acceptors (Lipinski definition) is 16. The molecular formula is C69H69ClF3N17O10S3. The molecule has 103 heavy (non-hydrogen) atoms. The molecule has 3 fully saturated rings. The predicted octanol–water partition coefficient (Wildman–Crippen LogP) is 13.2. The molecule has 0 spiro atoms. The van der Waals surface area contributed by atoms with Gasteiger partial charge in [0, 0.05) is 76.6 Å². The molecule has 3 aliphatic rings. The highest BCUT2D eigenvalue weighted by molar-refractivity contribution is 7.87. The monoisotopic (exact) mass is 1480 g/mol. The number of benzene rings is 6. The Kier molecular flexibility index (Phi) is 23.6. The highest BCUT2D eigenvalue weighted by atomic mass is 35.5. The molecule has 6 heterocycles. The van der Waals surface area contributed by atoms with E-state index in [0.29, 0.717) is 83.4 Å². The minimum atomic E-state index is -2.03. The third kappa shape index (κ3) is 15.8. The van der Waals surface area contributed by atoms with Crippen LogP contribution in [-0.4, -0.2) is 82.5 Å². The summed E-state index contributed by atoms with van der Waals surface area (Å²) in [5.41, 5.74) is 24.6. The lowest BCUT2D eigenvalue weighted by Gasteiger charge is -2.12. The molecule has 0 amide bonds. The van der Waals surface area contributed by atoms with Gasteiger partial charge >= 0.3 is 0 Å². The fourth-order valence-corrected chi connectivity index (χ4v) is 16.2. The van der Waals surface area contributed by atoms with Gasteiger partial charge < -0.3 is 47.3 Å². The third-order valence-corrected chi connectivity index (χ3v) is 21.6. The van der Waals surface area contributed by atoms with Crippen LogP contribution in [0.25, 0.3) is 66.5 Å². The Labute approximate surface area is 598 Å². The molecule has 3 unspecified atom stereocenters. The van der Waals surface area contributed by atoms with Crippen LogP contribution >= 0.6 is 11.6 Å². The average Bonchev–Trinajstić information content (AvgIpc) is 1.63. The number of non-ortho nitro benzene ring substituents is 1. The van der Waals surface area contributed by atoms with Crippen LogP contribution in [0.5, 0.6) is 0 Å². The Morgan fingerprint density at radius 1 is 0.447 bits per heavy atom. The van der Waals surface area contributed by atoms with Crippen molar-refractivity contribution < 1.29 is 52.1 Å². The van der Waals surface area contributed by atoms with Crippen LogP contribution < -0.4 is 31.4 Å². The molecule has 12 aromatic rings. The van der Waals surface area contributed by atoms with Crippen molar-refractivity contribution in [3.8, 4) is 33.4 Å². The largest absolute Gasteiger partial charge is 0.412 e. The van der Waals surface area contributed by atoms with Gasteiger partial charge in [0.15, 0.2) is 11.0 Å². The van der Waals surface area contributed by atoms with E-state index in [1.54, 1.807) is 48.5 Å². The van der Waals surface area contributed by atoms with E-state index in [1.807, 2.05) is 18.6 Å². The summed E-state index contributed by atoms with van der Waals surface area (Å²) < 4.78 is 97.2. The van der Waals surface area contributed by atoms with E-state index in [4.69, 9.17) is 28.8 Å². The first-order valence-corrected chi connectivity index (χ1v) is 35.7. The summed E-state index contributed by atoms with van der Waals surface area (Å²) in [5.74, 6) is -0.747. The zero-order chi connectivity index (χ0) is 69.9. The summed E-state index contributed by atoms with van der Waals surface area (Å²) in [4.78, 5) is 47.3. The van der Waals surface area contributed by atoms with Gasteiger partial charge in [-0.15, -0.1) is 0 Å². The van der Waals surface area contributed by atoms with Crippen LogP contribution in [0, 0.1) is 37.7 Å². The number of nitrogens with two attached hydrogens (primary N) is 3. The number of nitrogens with zero attached hydrogens (tertiary/aromatic N) is 11. The van der Waals surface area contributed by atoms with E-state index < -0.39 is 60.3 Å². The van der Waals surface area contributed by atoms with Crippen molar-refractivity contribution >= 4 is 124 Å². The standard InChI is InChI=1S/C23H21ClFN5OS.2C23H21FN6O3S.3H2O/c24-15-4-3-7-17(11-15)32(31)29-20-9-8-14(10-19(20)25)18-12-30(16-5-1-2-6-16)23-21(18)22(26)27-13-28-23;24-17-11-14(9-10-18(17)28-34(33)20-8-4-3-7-19(20)30(31)32)16-12-29(15-5-1-2-6-15)23-21(16)22(25)26-13-27-23;24-19-11-14(5-10-20(19)28-34(33)17-8-6-16(7-9-17)30(31)32)18-12-29(15-3-1-2-4-15)23-21(18)22(25)26-13-27-23;;;/h3-4,7-13,16,29H,1-2,5-6H2,(H2,26,27,28);3-4,7-13,15,28H,1-2,5-6H2,(H2,25,26,27);5-13,15,28H,1-4H2,(H2,25,26,27);3*1H2. The van der Waals surface area contributed by atoms with Crippen molar-refractivity contribution in [1.82, 2.24) is 43.6 Å². The van der Waals surface area contributed by atoms with Crippen molar-refractivity contribution in [3.05, 3.63) is 208 Å². The molecule has 6 aromatic carbocycles. The molecule has 536 valence electrons. The number of nitrogens with one attached hydrogen (secondary N) is 3. The molecule has 6 aromatic heterocycles. The molecule has 15 N–H and O–H groups in total. The van der Waals surface area contributed by atoms with Gasteiger partial charge in [0.2, 0.25) is 0 Å². The smallest absolute Gasteiger partial charge is 0.287 e. The molecule has 27 nitrogen and oxygen atoms in total. The topological polar surface area (TPSA) is 438 Å². The van der Waals surface area contributed by atoms with Crippen molar-refractivity contribution in [2.24, 2.45) is 0 Å². The summed E-state index contributed by atoms with van der Waals surface area (Å²) in [6.07, 6.45) is 23.6. The Hall–Kier alpha value is -10.8. The quantitative estimate of drug-likeness (QED) is 0.0364. The molecule has 3 atom stereocenters. The highest BCUT2D eigenvalue weighted by Crippen LogP contribution is 2.43. The molecule has 3 aliphatic carbocycles. The van der Waals surface area contributed by atoms with E-state index >= 15 is 13.2 Å². The van der Waals surface area contributed by atoms with Gasteiger partial charge in [0.05, 0.1) is 52.9 Å². The normalized spacial score (nSPS) is 14.6. The lowest BCUT2D eigenvalue weighted by Crippen LogP contribution is -2.08. The number of para-hydroxylation sites is 1. The second-order valence-electron chi connectivity index (χ2n) is 24.2. The van der Waals surface area contributed by atoms with Gasteiger partial charge in [-0.25, -0.2) is 55.7 Å². The average molecular weight is 1490 g/mol. The van der Waals surface area contributed by atoms with E-state index in [0.717, 1.165) is 97.7 Å². The number of rotatable bonds is 17. The Balaban J connectivity index is 0.000000164. The molecule has 0 saturated heterocycles. The minimum absolute atomic E-state index is 0. The maximum atomic E-state index is 15.1. The number of aromatic nitrogens is 9. The number of nitrogen functional groups attached to an aromatic ring is 3. The van der Waals surface area contributed by atoms with E-state index in [-0.39, 0.29) is 49.8 Å². The van der Waals surface area contributed by atoms with Crippen molar-refractivity contribution in [3.63, 3.8) is 0 Å². The van der Waals surface area contributed by atoms with E-state index in [9.17, 15) is 32.9 Å². The third-order valence-electron chi connectivity index (χ3n) is 18.1. The first kappa shape index (κ1) is 74.9. The number of nitro groups is 2. The lowest BCUT2D eigenvalue weighted by molar-refractivity contribution is -0.387. The first-order valence-electron chi connectivity index (χ1n) is 31.9.